The lowest BCUT2D eigenvalue weighted by atomic mass is 9.99. The normalized spacial score (nSPS) is 14.5. The Morgan fingerprint density at radius 2 is 1.52 bits per heavy atom. The molecule has 44 heavy (non-hydrogen) atoms. The number of carboxylic acids is 2. The average molecular weight is 589 g/mol. The SMILES string of the molecule is Cc1c2c(n(-c3ccc(C(=O)O)cc3)c(=O)/c1=C\C=Cc1ccc3c(c1)CCCN3C)=NN(c1ccc(C(=O)O)cc1)C2=O. The summed E-state index contributed by atoms with van der Waals surface area (Å²) in [5.74, 6) is -2.69. The maximum atomic E-state index is 14.0. The van der Waals surface area contributed by atoms with Crippen LogP contribution in [0.4, 0.5) is 11.4 Å². The summed E-state index contributed by atoms with van der Waals surface area (Å²) in [6.07, 6.45) is 7.45. The molecule has 220 valence electrons. The molecule has 0 aliphatic carbocycles. The second-order valence-electron chi connectivity index (χ2n) is 10.7. The molecule has 10 nitrogen and oxygen atoms in total. The smallest absolute Gasteiger partial charge is 0.335 e. The highest BCUT2D eigenvalue weighted by molar-refractivity contribution is 6.08. The minimum absolute atomic E-state index is 0.0460. The number of carboxylic acid groups (broad SMARTS) is 2. The van der Waals surface area contributed by atoms with Gasteiger partial charge in [-0.25, -0.2) is 9.59 Å². The van der Waals surface area contributed by atoms with Crippen molar-refractivity contribution >= 4 is 41.4 Å². The molecule has 0 unspecified atom stereocenters. The summed E-state index contributed by atoms with van der Waals surface area (Å²) in [4.78, 5) is 52.8. The lowest BCUT2D eigenvalue weighted by Gasteiger charge is -2.27. The van der Waals surface area contributed by atoms with Crippen LogP contribution in [0.15, 0.2) is 82.7 Å². The third-order valence-corrected chi connectivity index (χ3v) is 7.99. The average Bonchev–Trinajstić information content (AvgIpc) is 3.35. The number of carbonyl (C=O) groups excluding carboxylic acids is 1. The number of benzene rings is 3. The van der Waals surface area contributed by atoms with Crippen LogP contribution in [0.2, 0.25) is 0 Å². The van der Waals surface area contributed by atoms with Gasteiger partial charge in [-0.05, 0) is 103 Å². The van der Waals surface area contributed by atoms with Gasteiger partial charge in [-0.1, -0.05) is 18.2 Å². The van der Waals surface area contributed by atoms with Gasteiger partial charge in [0.25, 0.3) is 11.5 Å². The number of aryl methyl sites for hydroxylation is 1. The molecule has 0 saturated carbocycles. The molecule has 6 rings (SSSR count). The third kappa shape index (κ3) is 4.96. The van der Waals surface area contributed by atoms with Crippen molar-refractivity contribution in [3.05, 3.63) is 127 Å². The Hall–Kier alpha value is -5.77. The number of rotatable bonds is 6. The van der Waals surface area contributed by atoms with Crippen LogP contribution in [0.5, 0.6) is 0 Å². The maximum absolute atomic E-state index is 14.0. The van der Waals surface area contributed by atoms with Crippen molar-refractivity contribution < 1.29 is 24.6 Å². The fraction of sp³-hybridized carbons (Fsp3) is 0.147. The number of pyridine rings is 1. The molecular formula is C34H28N4O6. The lowest BCUT2D eigenvalue weighted by Crippen LogP contribution is -2.45. The maximum Gasteiger partial charge on any atom is 0.335 e. The van der Waals surface area contributed by atoms with Gasteiger partial charge in [0.2, 0.25) is 0 Å². The molecule has 1 aromatic heterocycles. The van der Waals surface area contributed by atoms with Crippen molar-refractivity contribution in [2.75, 3.05) is 23.5 Å². The summed E-state index contributed by atoms with van der Waals surface area (Å²) in [5.41, 5.74) is 4.57. The van der Waals surface area contributed by atoms with E-state index >= 15 is 0 Å². The molecule has 2 aliphatic heterocycles. The standard InChI is InChI=1S/C34H28N4O6/c1-20-27(7-3-5-21-8-17-28-24(19-21)6-4-18-36(28)2)31(39)37(25-13-9-22(10-14-25)33(41)42)30-29(20)32(40)38(35-30)26-15-11-23(12-16-26)34(43)44/h3,5,7-17,19H,4,6,18H2,1-2H3,(H,41,42)(H,43,44)/b5-3?,27-7-. The molecule has 3 heterocycles. The Morgan fingerprint density at radius 3 is 2.16 bits per heavy atom. The molecule has 0 spiro atoms. The molecule has 0 radical (unpaired) electrons. The fourth-order valence-corrected chi connectivity index (χ4v) is 5.66. The van der Waals surface area contributed by atoms with Gasteiger partial charge in [0.15, 0.2) is 5.49 Å². The zero-order valence-corrected chi connectivity index (χ0v) is 24.0. The van der Waals surface area contributed by atoms with E-state index in [0.29, 0.717) is 16.9 Å². The summed E-state index contributed by atoms with van der Waals surface area (Å²) in [7, 11) is 2.08. The highest BCUT2D eigenvalue weighted by atomic mass is 16.4. The quantitative estimate of drug-likeness (QED) is 0.352. The van der Waals surface area contributed by atoms with E-state index in [1.807, 2.05) is 12.1 Å². The summed E-state index contributed by atoms with van der Waals surface area (Å²) < 4.78 is 1.30. The van der Waals surface area contributed by atoms with Crippen molar-refractivity contribution in [3.63, 3.8) is 0 Å². The number of allylic oxidation sites excluding steroid dienone is 1. The second kappa shape index (κ2) is 11.1. The topological polar surface area (TPSA) is 133 Å². The number of hydrogen-bond acceptors (Lipinski definition) is 6. The molecule has 2 aliphatic rings. The van der Waals surface area contributed by atoms with Gasteiger partial charge in [0.05, 0.1) is 28.1 Å². The largest absolute Gasteiger partial charge is 0.478 e. The molecule has 0 saturated heterocycles. The van der Waals surface area contributed by atoms with Crippen LogP contribution < -0.4 is 26.2 Å². The summed E-state index contributed by atoms with van der Waals surface area (Å²) in [6, 6.07) is 17.7. The molecule has 0 bridgehead atoms. The number of hydrogen-bond donors (Lipinski definition) is 2. The molecule has 10 heteroatoms. The van der Waals surface area contributed by atoms with Crippen LogP contribution in [-0.4, -0.2) is 46.2 Å². The molecule has 0 fully saturated rings. The predicted octanol–water partition coefficient (Wildman–Crippen LogP) is 3.61. The van der Waals surface area contributed by atoms with Crippen LogP contribution in [0.3, 0.4) is 0 Å². The van der Waals surface area contributed by atoms with Crippen molar-refractivity contribution in [2.45, 2.75) is 19.8 Å². The van der Waals surface area contributed by atoms with Gasteiger partial charge in [0.1, 0.15) is 0 Å². The van der Waals surface area contributed by atoms with Gasteiger partial charge in [-0.2, -0.15) is 5.01 Å². The van der Waals surface area contributed by atoms with E-state index in [0.717, 1.165) is 30.0 Å². The second-order valence-corrected chi connectivity index (χ2v) is 10.7. The molecule has 0 atom stereocenters. The minimum Gasteiger partial charge on any atom is -0.478 e. The van der Waals surface area contributed by atoms with Crippen LogP contribution in [0, 0.1) is 6.92 Å². The number of fused-ring (bicyclic) bond motifs is 2. The van der Waals surface area contributed by atoms with E-state index < -0.39 is 23.4 Å². The van der Waals surface area contributed by atoms with E-state index in [9.17, 15) is 29.4 Å². The number of nitrogens with zero attached hydrogens (tertiary/aromatic N) is 4. The van der Waals surface area contributed by atoms with E-state index in [-0.39, 0.29) is 27.4 Å². The monoisotopic (exact) mass is 588 g/mol. The Labute approximate surface area is 251 Å². The zero-order chi connectivity index (χ0) is 31.1. The number of carbonyl (C=O) groups is 3. The number of amides is 1. The van der Waals surface area contributed by atoms with Gasteiger partial charge >= 0.3 is 11.9 Å². The van der Waals surface area contributed by atoms with E-state index in [1.165, 1.54) is 64.3 Å². The van der Waals surface area contributed by atoms with Crippen LogP contribution in [0.1, 0.15) is 54.2 Å². The van der Waals surface area contributed by atoms with Crippen molar-refractivity contribution in [1.82, 2.24) is 4.57 Å². The van der Waals surface area contributed by atoms with Gasteiger partial charge in [-0.3, -0.25) is 14.2 Å². The first-order valence-electron chi connectivity index (χ1n) is 14.0. The first-order valence-corrected chi connectivity index (χ1v) is 14.0. The molecule has 3 aromatic carbocycles. The van der Waals surface area contributed by atoms with Crippen LogP contribution in [-0.2, 0) is 6.42 Å². The Kier molecular flexibility index (Phi) is 7.18. The van der Waals surface area contributed by atoms with E-state index in [2.05, 4.69) is 29.2 Å². The number of anilines is 2. The highest BCUT2D eigenvalue weighted by Crippen LogP contribution is 2.27. The van der Waals surface area contributed by atoms with Crippen LogP contribution in [0.25, 0.3) is 17.8 Å². The molecular weight excluding hydrogens is 560 g/mol. The zero-order valence-electron chi connectivity index (χ0n) is 24.0. The third-order valence-electron chi connectivity index (χ3n) is 7.99. The first kappa shape index (κ1) is 28.4. The predicted molar refractivity (Wildman–Crippen MR) is 166 cm³/mol. The van der Waals surface area contributed by atoms with Crippen molar-refractivity contribution in [2.24, 2.45) is 5.10 Å². The fourth-order valence-electron chi connectivity index (χ4n) is 5.66. The van der Waals surface area contributed by atoms with Gasteiger partial charge in [0, 0.05) is 24.5 Å². The summed E-state index contributed by atoms with van der Waals surface area (Å²) in [6.45, 7) is 2.71. The minimum atomic E-state index is -1.11. The lowest BCUT2D eigenvalue weighted by molar-refractivity contribution is 0.0686. The van der Waals surface area contributed by atoms with Crippen molar-refractivity contribution in [1.29, 1.82) is 0 Å². The van der Waals surface area contributed by atoms with Gasteiger partial charge < -0.3 is 15.1 Å². The molecule has 2 N–H and O–H groups in total. The number of aromatic carboxylic acids is 2. The Morgan fingerprint density at radius 1 is 0.886 bits per heavy atom. The summed E-state index contributed by atoms with van der Waals surface area (Å²) in [5, 5.41) is 24.5. The van der Waals surface area contributed by atoms with E-state index in [1.54, 1.807) is 19.1 Å². The Balaban J connectivity index is 1.49. The first-order chi connectivity index (χ1) is 21.1. The van der Waals surface area contributed by atoms with Crippen molar-refractivity contribution in [3.8, 4) is 5.69 Å². The van der Waals surface area contributed by atoms with Crippen LogP contribution >= 0.6 is 0 Å². The highest BCUT2D eigenvalue weighted by Gasteiger charge is 2.31. The summed E-state index contributed by atoms with van der Waals surface area (Å²) >= 11 is 0. The number of aromatic nitrogens is 1. The van der Waals surface area contributed by atoms with E-state index in [4.69, 9.17) is 0 Å². The Bertz CT molecular complexity index is 2060. The molecule has 1 amide bonds. The van der Waals surface area contributed by atoms with Gasteiger partial charge in [-0.15, -0.1) is 5.10 Å². The molecule has 4 aromatic rings.